The fourth-order valence-electron chi connectivity index (χ4n) is 4.53. The number of thiophene rings is 1. The van der Waals surface area contributed by atoms with E-state index in [1.54, 1.807) is 6.07 Å². The molecule has 180 valence electrons. The summed E-state index contributed by atoms with van der Waals surface area (Å²) in [6.45, 7) is 0. The van der Waals surface area contributed by atoms with E-state index in [9.17, 15) is 28.6 Å². The monoisotopic (exact) mass is 501 g/mol. The van der Waals surface area contributed by atoms with Crippen molar-refractivity contribution in [2.24, 2.45) is 0 Å². The number of aliphatic hydroxyl groups excluding tert-OH is 1. The average molecular weight is 501 g/mol. The van der Waals surface area contributed by atoms with Gasteiger partial charge in [0.25, 0.3) is 0 Å². The topological polar surface area (TPSA) is 88.8 Å². The number of carboxylic acids is 1. The normalized spacial score (nSPS) is 15.3. The van der Waals surface area contributed by atoms with Crippen molar-refractivity contribution in [1.29, 1.82) is 0 Å². The summed E-state index contributed by atoms with van der Waals surface area (Å²) in [6.07, 6.45) is 2.33. The Morgan fingerprint density at radius 1 is 1.17 bits per heavy atom. The molecule has 35 heavy (non-hydrogen) atoms. The number of carbonyl (C=O) groups is 1. The largest absolute Gasteiger partial charge is 0.494 e. The van der Waals surface area contributed by atoms with E-state index < -0.39 is 40.5 Å². The summed E-state index contributed by atoms with van der Waals surface area (Å²) in [5.74, 6) is -4.42. The van der Waals surface area contributed by atoms with Crippen LogP contribution >= 0.6 is 11.3 Å². The van der Waals surface area contributed by atoms with Crippen LogP contribution in [0.1, 0.15) is 39.7 Å². The zero-order valence-corrected chi connectivity index (χ0v) is 19.1. The van der Waals surface area contributed by atoms with E-state index in [-0.39, 0.29) is 27.9 Å². The maximum Gasteiger partial charge on any atom is 0.341 e. The number of hydrogen-bond acceptors (Lipinski definition) is 5. The van der Waals surface area contributed by atoms with E-state index in [4.69, 9.17) is 4.74 Å². The van der Waals surface area contributed by atoms with Gasteiger partial charge in [-0.2, -0.15) is 0 Å². The number of methoxy groups -OCH3 is 1. The Morgan fingerprint density at radius 2 is 1.94 bits per heavy atom. The fourth-order valence-corrected chi connectivity index (χ4v) is 5.83. The number of aryl methyl sites for hydroxylation is 1. The van der Waals surface area contributed by atoms with Gasteiger partial charge in [0.05, 0.1) is 29.9 Å². The van der Waals surface area contributed by atoms with Crippen molar-refractivity contribution in [2.75, 3.05) is 7.11 Å². The van der Waals surface area contributed by atoms with Crippen LogP contribution in [0.5, 0.6) is 5.75 Å². The summed E-state index contributed by atoms with van der Waals surface area (Å²) in [4.78, 5) is 26.1. The number of rotatable bonds is 4. The summed E-state index contributed by atoms with van der Waals surface area (Å²) in [6, 6.07) is 5.25. The number of aromatic nitrogens is 1. The standard InChI is InChI=1S/C25H18F3NO5S/c1-34-24-21(20-9-12-18(30)3-2-4-19(12)35-20)16(28)8-13-22(24)29(10-14(23(13)31)25(32)33)17-6-5-11(26)7-15(17)27/h5-10,18,30H,2-4H2,1H3,(H,32,33). The van der Waals surface area contributed by atoms with Crippen molar-refractivity contribution >= 4 is 28.2 Å². The van der Waals surface area contributed by atoms with Gasteiger partial charge < -0.3 is 19.5 Å². The maximum absolute atomic E-state index is 15.5. The van der Waals surface area contributed by atoms with E-state index in [1.165, 1.54) is 18.4 Å². The van der Waals surface area contributed by atoms with Crippen molar-refractivity contribution in [1.82, 2.24) is 4.57 Å². The molecule has 2 aromatic carbocycles. The molecule has 4 aromatic rings. The first-order valence-corrected chi connectivity index (χ1v) is 11.5. The van der Waals surface area contributed by atoms with Gasteiger partial charge in [0.1, 0.15) is 28.5 Å². The molecule has 10 heteroatoms. The number of aromatic carboxylic acids is 1. The highest BCUT2D eigenvalue weighted by molar-refractivity contribution is 7.15. The third-order valence-electron chi connectivity index (χ3n) is 6.13. The average Bonchev–Trinajstić information content (AvgIpc) is 3.24. The first-order chi connectivity index (χ1) is 16.7. The van der Waals surface area contributed by atoms with Crippen molar-refractivity contribution in [2.45, 2.75) is 25.4 Å². The lowest BCUT2D eigenvalue weighted by Gasteiger charge is -2.18. The predicted octanol–water partition coefficient (Wildman–Crippen LogP) is 5.21. The molecule has 1 aliphatic rings. The quantitative estimate of drug-likeness (QED) is 0.401. The molecule has 5 rings (SSSR count). The van der Waals surface area contributed by atoms with Crippen molar-refractivity contribution in [3.63, 3.8) is 0 Å². The Kier molecular flexibility index (Phi) is 5.65. The van der Waals surface area contributed by atoms with Gasteiger partial charge in [-0.15, -0.1) is 11.3 Å². The molecule has 6 nitrogen and oxygen atoms in total. The third-order valence-corrected chi connectivity index (χ3v) is 7.36. The van der Waals surface area contributed by atoms with Gasteiger partial charge in [-0.25, -0.2) is 18.0 Å². The third kappa shape index (κ3) is 3.69. The number of nitrogens with zero attached hydrogens (tertiary/aromatic N) is 1. The molecule has 0 amide bonds. The zero-order chi connectivity index (χ0) is 25.0. The van der Waals surface area contributed by atoms with Gasteiger partial charge in [-0.05, 0) is 49.1 Å². The Bertz CT molecular complexity index is 1580. The zero-order valence-electron chi connectivity index (χ0n) is 18.3. The molecular weight excluding hydrogens is 483 g/mol. The molecule has 2 aromatic heterocycles. The van der Waals surface area contributed by atoms with Crippen LogP contribution in [0.4, 0.5) is 13.2 Å². The molecule has 0 bridgehead atoms. The minimum Gasteiger partial charge on any atom is -0.494 e. The molecule has 1 aliphatic carbocycles. The van der Waals surface area contributed by atoms with Crippen molar-refractivity contribution in [3.8, 4) is 21.9 Å². The van der Waals surface area contributed by atoms with E-state index in [0.29, 0.717) is 22.9 Å². The van der Waals surface area contributed by atoms with Crippen LogP contribution in [0.3, 0.4) is 0 Å². The number of benzene rings is 2. The van der Waals surface area contributed by atoms with Crippen LogP contribution in [0, 0.1) is 17.5 Å². The van der Waals surface area contributed by atoms with Gasteiger partial charge in [-0.1, -0.05) is 0 Å². The highest BCUT2D eigenvalue weighted by atomic mass is 32.1. The number of aliphatic hydroxyl groups is 1. The number of carboxylic acid groups (broad SMARTS) is 1. The smallest absolute Gasteiger partial charge is 0.341 e. The van der Waals surface area contributed by atoms with E-state index >= 15 is 4.39 Å². The van der Waals surface area contributed by atoms with E-state index in [2.05, 4.69) is 0 Å². The van der Waals surface area contributed by atoms with Crippen LogP contribution in [0.2, 0.25) is 0 Å². The molecular formula is C25H18F3NO5S. The predicted molar refractivity (Wildman–Crippen MR) is 124 cm³/mol. The molecule has 1 unspecified atom stereocenters. The number of pyridine rings is 1. The van der Waals surface area contributed by atoms with Crippen LogP contribution in [-0.2, 0) is 6.42 Å². The van der Waals surface area contributed by atoms with E-state index in [0.717, 1.165) is 46.7 Å². The van der Waals surface area contributed by atoms with Crippen LogP contribution < -0.4 is 10.2 Å². The Labute approximate surface area is 200 Å². The molecule has 0 fully saturated rings. The summed E-state index contributed by atoms with van der Waals surface area (Å²) < 4.78 is 50.5. The van der Waals surface area contributed by atoms with Gasteiger partial charge in [0.2, 0.25) is 5.43 Å². The Morgan fingerprint density at radius 3 is 2.60 bits per heavy atom. The lowest BCUT2D eigenvalue weighted by Crippen LogP contribution is -2.19. The lowest BCUT2D eigenvalue weighted by atomic mass is 9.95. The molecule has 0 saturated heterocycles. The first kappa shape index (κ1) is 23.1. The second-order valence-electron chi connectivity index (χ2n) is 8.20. The second-order valence-corrected chi connectivity index (χ2v) is 9.34. The molecule has 0 saturated carbocycles. The molecule has 0 spiro atoms. The van der Waals surface area contributed by atoms with Crippen LogP contribution in [0.15, 0.2) is 41.3 Å². The fraction of sp³-hybridized carbons (Fsp3) is 0.200. The highest BCUT2D eigenvalue weighted by Crippen LogP contribution is 2.46. The number of halogens is 3. The molecule has 2 N–H and O–H groups in total. The van der Waals surface area contributed by atoms with Crippen LogP contribution in [0.25, 0.3) is 27.0 Å². The van der Waals surface area contributed by atoms with Gasteiger partial charge in [-0.3, -0.25) is 4.79 Å². The number of ether oxygens (including phenoxy) is 1. The van der Waals surface area contributed by atoms with Crippen LogP contribution in [-0.4, -0.2) is 27.9 Å². The van der Waals surface area contributed by atoms with Crippen molar-refractivity contribution < 1.29 is 32.9 Å². The SMILES string of the molecule is COc1c(-c2cc3c(s2)CCCC3O)c(F)cc2c(=O)c(C(=O)O)cn(-c3ccc(F)cc3F)c12. The summed E-state index contributed by atoms with van der Waals surface area (Å²) in [5.41, 5.74) is -1.33. The van der Waals surface area contributed by atoms with Gasteiger partial charge in [0.15, 0.2) is 5.75 Å². The highest BCUT2D eigenvalue weighted by Gasteiger charge is 2.28. The number of hydrogen-bond donors (Lipinski definition) is 2. The molecule has 0 aliphatic heterocycles. The number of fused-ring (bicyclic) bond motifs is 2. The van der Waals surface area contributed by atoms with Gasteiger partial charge in [0, 0.05) is 22.0 Å². The lowest BCUT2D eigenvalue weighted by molar-refractivity contribution is 0.0695. The summed E-state index contributed by atoms with van der Waals surface area (Å²) in [7, 11) is 1.25. The Balaban J connectivity index is 1.91. The Hall–Kier alpha value is -3.63. The summed E-state index contributed by atoms with van der Waals surface area (Å²) in [5, 5.41) is 19.6. The second kappa shape index (κ2) is 8.54. The molecule has 0 radical (unpaired) electrons. The molecule has 1 atom stereocenters. The minimum absolute atomic E-state index is 0.00894. The maximum atomic E-state index is 15.5. The van der Waals surface area contributed by atoms with E-state index in [1.807, 2.05) is 0 Å². The molecule has 2 heterocycles. The van der Waals surface area contributed by atoms with Gasteiger partial charge >= 0.3 is 5.97 Å². The summed E-state index contributed by atoms with van der Waals surface area (Å²) >= 11 is 1.28. The first-order valence-electron chi connectivity index (χ1n) is 10.7. The minimum atomic E-state index is -1.59. The van der Waals surface area contributed by atoms with Crippen molar-refractivity contribution in [3.05, 3.63) is 80.2 Å².